The second kappa shape index (κ2) is 4.03. The van der Waals surface area contributed by atoms with Gasteiger partial charge in [-0.25, -0.2) is 0 Å². The summed E-state index contributed by atoms with van der Waals surface area (Å²) >= 11 is 0. The van der Waals surface area contributed by atoms with Gasteiger partial charge < -0.3 is 8.98 Å². The summed E-state index contributed by atoms with van der Waals surface area (Å²) in [6.07, 6.45) is 3.53. The lowest BCUT2D eigenvalue weighted by Gasteiger charge is -2.02. The van der Waals surface area contributed by atoms with Crippen molar-refractivity contribution >= 4 is 16.6 Å². The van der Waals surface area contributed by atoms with Crippen LogP contribution in [-0.4, -0.2) is 9.49 Å². The molecular weight excluding hydrogens is 232 g/mol. The van der Waals surface area contributed by atoms with Gasteiger partial charge >= 0.3 is 0 Å². The van der Waals surface area contributed by atoms with Gasteiger partial charge in [-0.05, 0) is 24.3 Å². The number of aromatic nitrogens is 1. The van der Waals surface area contributed by atoms with E-state index in [1.165, 1.54) is 6.07 Å². The molecule has 1 aromatic carbocycles. The van der Waals surface area contributed by atoms with E-state index in [-0.39, 0.29) is 10.6 Å². The highest BCUT2D eigenvalue weighted by Gasteiger charge is 2.09. The minimum Gasteiger partial charge on any atom is -0.467 e. The summed E-state index contributed by atoms with van der Waals surface area (Å²) in [4.78, 5) is 10.3. The maximum Gasteiger partial charge on any atom is 0.270 e. The van der Waals surface area contributed by atoms with Crippen molar-refractivity contribution in [3.05, 3.63) is 64.7 Å². The number of non-ortho nitro benzene ring substituents is 1. The Hall–Kier alpha value is -2.56. The van der Waals surface area contributed by atoms with Crippen molar-refractivity contribution in [3.63, 3.8) is 0 Å². The Bertz CT molecular complexity index is 698. The number of rotatable bonds is 3. The topological polar surface area (TPSA) is 61.2 Å². The Balaban J connectivity index is 2.02. The lowest BCUT2D eigenvalue weighted by atomic mass is 10.2. The molecule has 0 bridgehead atoms. The molecule has 0 N–H and O–H groups in total. The van der Waals surface area contributed by atoms with Crippen LogP contribution >= 0.6 is 0 Å². The zero-order valence-electron chi connectivity index (χ0n) is 9.45. The zero-order chi connectivity index (χ0) is 12.5. The molecule has 18 heavy (non-hydrogen) atoms. The molecule has 3 rings (SSSR count). The molecule has 0 spiro atoms. The van der Waals surface area contributed by atoms with Crippen LogP contribution < -0.4 is 0 Å². The second-order valence-corrected chi connectivity index (χ2v) is 4.02. The average Bonchev–Trinajstić information content (AvgIpc) is 2.99. The SMILES string of the molecule is O=[N+]([O-])c1ccc2c(ccn2Cc2ccco2)c1. The highest BCUT2D eigenvalue weighted by molar-refractivity contribution is 5.82. The van der Waals surface area contributed by atoms with Crippen molar-refractivity contribution < 1.29 is 9.34 Å². The highest BCUT2D eigenvalue weighted by atomic mass is 16.6. The molecular formula is C13H10N2O3. The van der Waals surface area contributed by atoms with Crippen molar-refractivity contribution in [2.24, 2.45) is 0 Å². The minimum absolute atomic E-state index is 0.109. The van der Waals surface area contributed by atoms with Gasteiger partial charge in [-0.1, -0.05) is 0 Å². The van der Waals surface area contributed by atoms with E-state index in [0.717, 1.165) is 16.7 Å². The maximum absolute atomic E-state index is 10.7. The molecule has 3 aromatic rings. The predicted molar refractivity (Wildman–Crippen MR) is 66.4 cm³/mol. The number of hydrogen-bond acceptors (Lipinski definition) is 3. The molecule has 0 fully saturated rings. The van der Waals surface area contributed by atoms with E-state index in [9.17, 15) is 10.1 Å². The van der Waals surface area contributed by atoms with Crippen molar-refractivity contribution in [2.75, 3.05) is 0 Å². The molecule has 90 valence electrons. The number of hydrogen-bond donors (Lipinski definition) is 0. The number of fused-ring (bicyclic) bond motifs is 1. The largest absolute Gasteiger partial charge is 0.467 e. The van der Waals surface area contributed by atoms with Gasteiger partial charge in [-0.15, -0.1) is 0 Å². The molecule has 2 heterocycles. The summed E-state index contributed by atoms with van der Waals surface area (Å²) in [5.41, 5.74) is 1.07. The summed E-state index contributed by atoms with van der Waals surface area (Å²) in [7, 11) is 0. The fourth-order valence-corrected chi connectivity index (χ4v) is 2.01. The Morgan fingerprint density at radius 3 is 2.89 bits per heavy atom. The summed E-state index contributed by atoms with van der Waals surface area (Å²) < 4.78 is 7.29. The molecule has 0 aliphatic rings. The van der Waals surface area contributed by atoms with Crippen LogP contribution in [0.25, 0.3) is 10.9 Å². The summed E-state index contributed by atoms with van der Waals surface area (Å²) in [6.45, 7) is 0.619. The number of furan rings is 1. The third-order valence-electron chi connectivity index (χ3n) is 2.87. The third kappa shape index (κ3) is 1.75. The Labute approximate surface area is 102 Å². The van der Waals surface area contributed by atoms with Gasteiger partial charge in [0, 0.05) is 29.2 Å². The van der Waals surface area contributed by atoms with Gasteiger partial charge in [0.25, 0.3) is 5.69 Å². The van der Waals surface area contributed by atoms with Crippen LogP contribution in [0.3, 0.4) is 0 Å². The van der Waals surface area contributed by atoms with Crippen LogP contribution in [0.4, 0.5) is 5.69 Å². The van der Waals surface area contributed by atoms with Gasteiger partial charge in [0.2, 0.25) is 0 Å². The van der Waals surface area contributed by atoms with Crippen molar-refractivity contribution in [1.82, 2.24) is 4.57 Å². The molecule has 0 atom stereocenters. The van der Waals surface area contributed by atoms with E-state index in [0.29, 0.717) is 6.54 Å². The van der Waals surface area contributed by atoms with Gasteiger partial charge in [-0.2, -0.15) is 0 Å². The molecule has 0 unspecified atom stereocenters. The fourth-order valence-electron chi connectivity index (χ4n) is 2.01. The molecule has 5 heteroatoms. The van der Waals surface area contributed by atoms with E-state index in [2.05, 4.69) is 0 Å². The minimum atomic E-state index is -0.386. The first-order chi connectivity index (χ1) is 8.74. The van der Waals surface area contributed by atoms with Crippen LogP contribution in [0.5, 0.6) is 0 Å². The summed E-state index contributed by atoms with van der Waals surface area (Å²) in [6, 6.07) is 10.5. The van der Waals surface area contributed by atoms with Crippen LogP contribution in [0.1, 0.15) is 5.76 Å². The molecule has 0 amide bonds. The molecule has 0 saturated heterocycles. The third-order valence-corrected chi connectivity index (χ3v) is 2.87. The smallest absolute Gasteiger partial charge is 0.270 e. The van der Waals surface area contributed by atoms with Crippen molar-refractivity contribution in [1.29, 1.82) is 0 Å². The average molecular weight is 242 g/mol. The van der Waals surface area contributed by atoms with Gasteiger partial charge in [0.1, 0.15) is 5.76 Å². The molecule has 0 radical (unpaired) electrons. The first kappa shape index (κ1) is 10.6. The normalized spacial score (nSPS) is 10.9. The molecule has 0 saturated carbocycles. The van der Waals surface area contributed by atoms with Gasteiger partial charge in [0.05, 0.1) is 17.7 Å². The van der Waals surface area contributed by atoms with Gasteiger partial charge in [0.15, 0.2) is 0 Å². The summed E-state index contributed by atoms with van der Waals surface area (Å²) in [5, 5.41) is 11.5. The number of benzene rings is 1. The highest BCUT2D eigenvalue weighted by Crippen LogP contribution is 2.22. The number of nitro benzene ring substituents is 1. The first-order valence-corrected chi connectivity index (χ1v) is 5.50. The Morgan fingerprint density at radius 2 is 2.17 bits per heavy atom. The van der Waals surface area contributed by atoms with Crippen molar-refractivity contribution in [2.45, 2.75) is 6.54 Å². The number of nitrogens with zero attached hydrogens (tertiary/aromatic N) is 2. The molecule has 2 aromatic heterocycles. The second-order valence-electron chi connectivity index (χ2n) is 4.02. The van der Waals surface area contributed by atoms with Crippen LogP contribution in [-0.2, 0) is 6.54 Å². The van der Waals surface area contributed by atoms with Gasteiger partial charge in [-0.3, -0.25) is 10.1 Å². The Kier molecular flexibility index (Phi) is 2.37. The quantitative estimate of drug-likeness (QED) is 0.523. The molecule has 0 aliphatic carbocycles. The maximum atomic E-state index is 10.7. The first-order valence-electron chi connectivity index (χ1n) is 5.50. The van der Waals surface area contributed by atoms with E-state index >= 15 is 0 Å². The Morgan fingerprint density at radius 1 is 1.28 bits per heavy atom. The standard InChI is InChI=1S/C13H10N2O3/c16-15(17)11-3-4-13-10(8-11)5-6-14(13)9-12-2-1-7-18-12/h1-8H,9H2. The molecule has 5 nitrogen and oxygen atoms in total. The van der Waals surface area contributed by atoms with Crippen LogP contribution in [0, 0.1) is 10.1 Å². The van der Waals surface area contributed by atoms with Crippen molar-refractivity contribution in [3.8, 4) is 0 Å². The molecule has 0 aliphatic heterocycles. The van der Waals surface area contributed by atoms with E-state index < -0.39 is 0 Å². The summed E-state index contributed by atoms with van der Waals surface area (Å²) in [5.74, 6) is 0.853. The zero-order valence-corrected chi connectivity index (χ0v) is 9.45. The lowest BCUT2D eigenvalue weighted by Crippen LogP contribution is -1.96. The lowest BCUT2D eigenvalue weighted by molar-refractivity contribution is -0.384. The van der Waals surface area contributed by atoms with Crippen LogP contribution in [0.2, 0.25) is 0 Å². The van der Waals surface area contributed by atoms with E-state index in [1.54, 1.807) is 18.4 Å². The van der Waals surface area contributed by atoms with E-state index in [4.69, 9.17) is 4.42 Å². The fraction of sp³-hybridized carbons (Fsp3) is 0.0769. The number of nitro groups is 1. The predicted octanol–water partition coefficient (Wildman–Crippen LogP) is 3.19. The van der Waals surface area contributed by atoms with Crippen LogP contribution in [0.15, 0.2) is 53.3 Å². The monoisotopic (exact) mass is 242 g/mol. The van der Waals surface area contributed by atoms with E-state index in [1.807, 2.05) is 29.0 Å².